The van der Waals surface area contributed by atoms with E-state index < -0.39 is 0 Å². The van der Waals surface area contributed by atoms with Gasteiger partial charge in [0, 0.05) is 19.8 Å². The highest BCUT2D eigenvalue weighted by molar-refractivity contribution is 5.96. The van der Waals surface area contributed by atoms with E-state index in [9.17, 15) is 4.79 Å². The molecule has 2 rings (SSSR count). The van der Waals surface area contributed by atoms with E-state index in [-0.39, 0.29) is 12.5 Å². The van der Waals surface area contributed by atoms with Crippen molar-refractivity contribution in [1.29, 1.82) is 0 Å². The van der Waals surface area contributed by atoms with Crippen molar-refractivity contribution < 1.29 is 9.53 Å². The zero-order valence-corrected chi connectivity index (χ0v) is 13.1. The second-order valence-electron chi connectivity index (χ2n) is 5.32. The number of nitrogens with two attached hydrogens (primary N) is 1. The lowest BCUT2D eigenvalue weighted by atomic mass is 10.2. The van der Waals surface area contributed by atoms with Gasteiger partial charge in [0.05, 0.1) is 11.4 Å². The maximum atomic E-state index is 12.1. The average molecular weight is 299 g/mol. The molecule has 0 saturated heterocycles. The minimum Gasteiger partial charge on any atom is -0.484 e. The molecule has 0 radical (unpaired) electrons. The third kappa shape index (κ3) is 4.15. The highest BCUT2D eigenvalue weighted by Crippen LogP contribution is 2.26. The quantitative estimate of drug-likeness (QED) is 0.833. The lowest BCUT2D eigenvalue weighted by Gasteiger charge is -2.18. The SMILES string of the molecule is Cc1cccc(OCC(=O)Nc2cc(N)ccc2N(C)C)c1. The number of benzene rings is 2. The largest absolute Gasteiger partial charge is 0.484 e. The Bertz CT molecular complexity index is 669. The van der Waals surface area contributed by atoms with E-state index >= 15 is 0 Å². The van der Waals surface area contributed by atoms with Crippen LogP contribution < -0.4 is 20.7 Å². The van der Waals surface area contributed by atoms with Gasteiger partial charge in [-0.05, 0) is 42.8 Å². The van der Waals surface area contributed by atoms with Gasteiger partial charge in [0.2, 0.25) is 0 Å². The molecule has 2 aromatic carbocycles. The van der Waals surface area contributed by atoms with Crippen LogP contribution in [-0.2, 0) is 4.79 Å². The molecule has 1 amide bonds. The lowest BCUT2D eigenvalue weighted by Crippen LogP contribution is -2.22. The van der Waals surface area contributed by atoms with Crippen molar-refractivity contribution in [3.8, 4) is 5.75 Å². The standard InChI is InChI=1S/C17H21N3O2/c1-12-5-4-6-14(9-12)22-11-17(21)19-15-10-13(18)7-8-16(15)20(2)3/h4-10H,11,18H2,1-3H3,(H,19,21). The third-order valence-corrected chi connectivity index (χ3v) is 3.14. The number of nitrogens with zero attached hydrogens (tertiary/aromatic N) is 1. The number of anilines is 3. The Morgan fingerprint density at radius 1 is 1.23 bits per heavy atom. The smallest absolute Gasteiger partial charge is 0.262 e. The highest BCUT2D eigenvalue weighted by Gasteiger charge is 2.09. The van der Waals surface area contributed by atoms with Crippen LogP contribution in [0, 0.1) is 6.92 Å². The van der Waals surface area contributed by atoms with Gasteiger partial charge in [0.25, 0.3) is 5.91 Å². The molecule has 22 heavy (non-hydrogen) atoms. The van der Waals surface area contributed by atoms with Crippen LogP contribution in [0.25, 0.3) is 0 Å². The third-order valence-electron chi connectivity index (χ3n) is 3.14. The Balaban J connectivity index is 2.01. The topological polar surface area (TPSA) is 67.6 Å². The molecule has 0 aliphatic heterocycles. The van der Waals surface area contributed by atoms with Crippen LogP contribution in [0.4, 0.5) is 17.1 Å². The van der Waals surface area contributed by atoms with Crippen molar-refractivity contribution in [2.75, 3.05) is 36.7 Å². The number of carbonyl (C=O) groups excluding carboxylic acids is 1. The summed E-state index contributed by atoms with van der Waals surface area (Å²) >= 11 is 0. The minimum absolute atomic E-state index is 0.0505. The Kier molecular flexibility index (Phi) is 4.88. The van der Waals surface area contributed by atoms with Crippen molar-refractivity contribution >= 4 is 23.0 Å². The normalized spacial score (nSPS) is 10.1. The summed E-state index contributed by atoms with van der Waals surface area (Å²) in [6, 6.07) is 13.0. The first-order valence-electron chi connectivity index (χ1n) is 7.02. The highest BCUT2D eigenvalue weighted by atomic mass is 16.5. The number of aryl methyl sites for hydroxylation is 1. The van der Waals surface area contributed by atoms with Crippen LogP contribution in [0.5, 0.6) is 5.75 Å². The predicted molar refractivity (Wildman–Crippen MR) is 90.5 cm³/mol. The molecule has 3 N–H and O–H groups in total. The van der Waals surface area contributed by atoms with Gasteiger partial charge in [0.15, 0.2) is 6.61 Å². The van der Waals surface area contributed by atoms with E-state index in [1.54, 1.807) is 12.1 Å². The molecule has 0 heterocycles. The summed E-state index contributed by atoms with van der Waals surface area (Å²) in [5, 5.41) is 2.83. The fourth-order valence-corrected chi connectivity index (χ4v) is 2.08. The van der Waals surface area contributed by atoms with Crippen LogP contribution in [-0.4, -0.2) is 26.6 Å². The molecule has 0 fully saturated rings. The number of nitrogen functional groups attached to an aromatic ring is 1. The monoisotopic (exact) mass is 299 g/mol. The average Bonchev–Trinajstić information content (AvgIpc) is 2.45. The van der Waals surface area contributed by atoms with E-state index in [1.165, 1.54) is 0 Å². The summed E-state index contributed by atoms with van der Waals surface area (Å²) in [7, 11) is 3.81. The number of amides is 1. The molecule has 5 heteroatoms. The number of hydrogen-bond acceptors (Lipinski definition) is 4. The summed E-state index contributed by atoms with van der Waals surface area (Å²) < 4.78 is 5.49. The van der Waals surface area contributed by atoms with E-state index in [4.69, 9.17) is 10.5 Å². The van der Waals surface area contributed by atoms with Crippen LogP contribution in [0.2, 0.25) is 0 Å². The van der Waals surface area contributed by atoms with Crippen LogP contribution in [0.15, 0.2) is 42.5 Å². The predicted octanol–water partition coefficient (Wildman–Crippen LogP) is 2.66. The number of nitrogens with one attached hydrogen (secondary N) is 1. The van der Waals surface area contributed by atoms with Gasteiger partial charge in [-0.15, -0.1) is 0 Å². The first kappa shape index (κ1) is 15.7. The van der Waals surface area contributed by atoms with Gasteiger partial charge in [-0.1, -0.05) is 12.1 Å². The summed E-state index contributed by atoms with van der Waals surface area (Å²) in [5.74, 6) is 0.450. The summed E-state index contributed by atoms with van der Waals surface area (Å²) in [6.45, 7) is 1.92. The molecule has 5 nitrogen and oxygen atoms in total. The number of rotatable bonds is 5. The summed E-state index contributed by atoms with van der Waals surface area (Å²) in [5.41, 5.74) is 9.02. The summed E-state index contributed by atoms with van der Waals surface area (Å²) in [4.78, 5) is 14.0. The number of carbonyl (C=O) groups is 1. The van der Waals surface area contributed by atoms with Crippen molar-refractivity contribution in [2.24, 2.45) is 0 Å². The van der Waals surface area contributed by atoms with E-state index in [2.05, 4.69) is 5.32 Å². The molecule has 0 aliphatic carbocycles. The Morgan fingerprint density at radius 2 is 2.00 bits per heavy atom. The van der Waals surface area contributed by atoms with Crippen molar-refractivity contribution in [1.82, 2.24) is 0 Å². The van der Waals surface area contributed by atoms with Gasteiger partial charge in [-0.3, -0.25) is 4.79 Å². The molecule has 116 valence electrons. The van der Waals surface area contributed by atoms with Crippen LogP contribution >= 0.6 is 0 Å². The van der Waals surface area contributed by atoms with Crippen LogP contribution in [0.1, 0.15) is 5.56 Å². The fraction of sp³-hybridized carbons (Fsp3) is 0.235. The molecule has 0 spiro atoms. The Hall–Kier alpha value is -2.69. The van der Waals surface area contributed by atoms with Gasteiger partial charge >= 0.3 is 0 Å². The Morgan fingerprint density at radius 3 is 2.68 bits per heavy atom. The molecule has 0 aromatic heterocycles. The second-order valence-corrected chi connectivity index (χ2v) is 5.32. The molecule has 0 aliphatic rings. The molecular weight excluding hydrogens is 278 g/mol. The first-order valence-corrected chi connectivity index (χ1v) is 7.02. The van der Waals surface area contributed by atoms with Gasteiger partial charge < -0.3 is 20.7 Å². The van der Waals surface area contributed by atoms with Crippen molar-refractivity contribution in [3.05, 3.63) is 48.0 Å². The first-order chi connectivity index (χ1) is 10.5. The molecule has 0 unspecified atom stereocenters. The van der Waals surface area contributed by atoms with Gasteiger partial charge in [-0.2, -0.15) is 0 Å². The van der Waals surface area contributed by atoms with Crippen molar-refractivity contribution in [3.63, 3.8) is 0 Å². The Labute approximate surface area is 130 Å². The summed E-state index contributed by atoms with van der Waals surface area (Å²) in [6.07, 6.45) is 0. The van der Waals surface area contributed by atoms with Gasteiger partial charge in [0.1, 0.15) is 5.75 Å². The molecule has 2 aromatic rings. The molecule has 0 saturated carbocycles. The van der Waals surface area contributed by atoms with Crippen LogP contribution in [0.3, 0.4) is 0 Å². The van der Waals surface area contributed by atoms with Gasteiger partial charge in [-0.25, -0.2) is 0 Å². The van der Waals surface area contributed by atoms with E-state index in [0.717, 1.165) is 11.3 Å². The molecular formula is C17H21N3O2. The zero-order valence-electron chi connectivity index (χ0n) is 13.1. The van der Waals surface area contributed by atoms with Crippen molar-refractivity contribution in [2.45, 2.75) is 6.92 Å². The maximum absolute atomic E-state index is 12.1. The maximum Gasteiger partial charge on any atom is 0.262 e. The lowest BCUT2D eigenvalue weighted by molar-refractivity contribution is -0.118. The molecule has 0 atom stereocenters. The second kappa shape index (κ2) is 6.85. The zero-order chi connectivity index (χ0) is 16.1. The molecule has 0 bridgehead atoms. The number of ether oxygens (including phenoxy) is 1. The van der Waals surface area contributed by atoms with E-state index in [0.29, 0.717) is 17.1 Å². The van der Waals surface area contributed by atoms with E-state index in [1.807, 2.05) is 56.3 Å². The number of hydrogen-bond donors (Lipinski definition) is 2. The fourth-order valence-electron chi connectivity index (χ4n) is 2.08. The minimum atomic E-state index is -0.227.